The molecule has 0 aromatic heterocycles. The molecule has 2 aromatic carbocycles. The Hall–Kier alpha value is -1.26. The SMILES string of the molecule is O=S(=O)(Cl)CCCCOc1cccc2ccccc12. The fourth-order valence-electron chi connectivity index (χ4n) is 1.88. The lowest BCUT2D eigenvalue weighted by Crippen LogP contribution is -2.02. The third-order valence-electron chi connectivity index (χ3n) is 2.79. The molecule has 5 heteroatoms. The van der Waals surface area contributed by atoms with E-state index >= 15 is 0 Å². The molecule has 0 N–H and O–H groups in total. The van der Waals surface area contributed by atoms with Gasteiger partial charge in [-0.25, -0.2) is 8.42 Å². The van der Waals surface area contributed by atoms with Crippen LogP contribution in [0.1, 0.15) is 12.8 Å². The van der Waals surface area contributed by atoms with E-state index in [0.717, 1.165) is 16.5 Å². The van der Waals surface area contributed by atoms with Crippen LogP contribution in [0.15, 0.2) is 42.5 Å². The van der Waals surface area contributed by atoms with Crippen LogP contribution < -0.4 is 4.74 Å². The van der Waals surface area contributed by atoms with E-state index in [1.54, 1.807) is 0 Å². The van der Waals surface area contributed by atoms with Crippen molar-refractivity contribution in [2.45, 2.75) is 12.8 Å². The van der Waals surface area contributed by atoms with Crippen LogP contribution in [0, 0.1) is 0 Å². The summed E-state index contributed by atoms with van der Waals surface area (Å²) in [5.41, 5.74) is 0. The first-order chi connectivity index (χ1) is 9.06. The molecular weight excluding hydrogens is 284 g/mol. The molecule has 0 bridgehead atoms. The highest BCUT2D eigenvalue weighted by Gasteiger charge is 2.05. The molecule has 0 aliphatic rings. The van der Waals surface area contributed by atoms with E-state index in [9.17, 15) is 8.42 Å². The van der Waals surface area contributed by atoms with Gasteiger partial charge in [0, 0.05) is 16.1 Å². The Morgan fingerprint density at radius 2 is 1.74 bits per heavy atom. The normalized spacial score (nSPS) is 11.6. The number of ether oxygens (including phenoxy) is 1. The Kier molecular flexibility index (Phi) is 4.66. The number of hydrogen-bond donors (Lipinski definition) is 0. The van der Waals surface area contributed by atoms with Crippen LogP contribution in [0.25, 0.3) is 10.8 Å². The maximum atomic E-state index is 10.8. The zero-order chi connectivity index (χ0) is 13.7. The van der Waals surface area contributed by atoms with Gasteiger partial charge in [-0.1, -0.05) is 36.4 Å². The molecule has 102 valence electrons. The van der Waals surface area contributed by atoms with Crippen molar-refractivity contribution in [3.8, 4) is 5.75 Å². The maximum Gasteiger partial charge on any atom is 0.232 e. The van der Waals surface area contributed by atoms with E-state index in [4.69, 9.17) is 15.4 Å². The van der Waals surface area contributed by atoms with E-state index in [2.05, 4.69) is 0 Å². The summed E-state index contributed by atoms with van der Waals surface area (Å²) in [6.45, 7) is 0.487. The third kappa shape index (κ3) is 4.40. The van der Waals surface area contributed by atoms with Gasteiger partial charge in [-0.2, -0.15) is 0 Å². The standard InChI is InChI=1S/C14H15ClO3S/c15-19(16,17)11-4-3-10-18-14-9-5-7-12-6-1-2-8-13(12)14/h1-2,5-9H,3-4,10-11H2. The number of halogens is 1. The predicted molar refractivity (Wildman–Crippen MR) is 78.3 cm³/mol. The number of benzene rings is 2. The summed E-state index contributed by atoms with van der Waals surface area (Å²) in [6, 6.07) is 13.9. The van der Waals surface area contributed by atoms with Gasteiger partial charge in [0.25, 0.3) is 0 Å². The minimum absolute atomic E-state index is 0.00650. The summed E-state index contributed by atoms with van der Waals surface area (Å²) in [7, 11) is 1.75. The monoisotopic (exact) mass is 298 g/mol. The smallest absolute Gasteiger partial charge is 0.232 e. The van der Waals surface area contributed by atoms with Gasteiger partial charge in [-0.05, 0) is 24.3 Å². The van der Waals surface area contributed by atoms with Gasteiger partial charge < -0.3 is 4.74 Å². The average Bonchev–Trinajstić information content (AvgIpc) is 2.37. The van der Waals surface area contributed by atoms with Crippen molar-refractivity contribution in [3.63, 3.8) is 0 Å². The average molecular weight is 299 g/mol. The third-order valence-corrected chi connectivity index (χ3v) is 4.03. The van der Waals surface area contributed by atoms with Crippen molar-refractivity contribution >= 4 is 30.5 Å². The van der Waals surface area contributed by atoms with E-state index in [-0.39, 0.29) is 5.75 Å². The van der Waals surface area contributed by atoms with Crippen LogP contribution in [0.5, 0.6) is 5.75 Å². The van der Waals surface area contributed by atoms with Crippen molar-refractivity contribution in [2.24, 2.45) is 0 Å². The minimum Gasteiger partial charge on any atom is -0.493 e. The second kappa shape index (κ2) is 6.26. The van der Waals surface area contributed by atoms with Crippen LogP contribution in [0.4, 0.5) is 0 Å². The molecule has 0 saturated heterocycles. The van der Waals surface area contributed by atoms with Crippen molar-refractivity contribution in [1.29, 1.82) is 0 Å². The molecule has 0 heterocycles. The summed E-state index contributed by atoms with van der Waals surface area (Å²) < 4.78 is 27.2. The largest absolute Gasteiger partial charge is 0.493 e. The molecular formula is C14H15ClO3S. The quantitative estimate of drug-likeness (QED) is 0.605. The highest BCUT2D eigenvalue weighted by molar-refractivity contribution is 8.13. The summed E-state index contributed by atoms with van der Waals surface area (Å²) >= 11 is 0. The first kappa shape index (κ1) is 14.2. The fraction of sp³-hybridized carbons (Fsp3) is 0.286. The lowest BCUT2D eigenvalue weighted by molar-refractivity contribution is 0.313. The molecule has 0 aliphatic carbocycles. The Bertz CT molecular complexity index is 647. The van der Waals surface area contributed by atoms with Gasteiger partial charge in [0.15, 0.2) is 0 Å². The van der Waals surface area contributed by atoms with Crippen molar-refractivity contribution < 1.29 is 13.2 Å². The van der Waals surface area contributed by atoms with Crippen molar-refractivity contribution in [1.82, 2.24) is 0 Å². The molecule has 2 aromatic rings. The highest BCUT2D eigenvalue weighted by Crippen LogP contribution is 2.25. The Balaban J connectivity index is 1.92. The molecule has 0 saturated carbocycles. The lowest BCUT2D eigenvalue weighted by Gasteiger charge is -2.08. The molecule has 19 heavy (non-hydrogen) atoms. The first-order valence-corrected chi connectivity index (χ1v) is 8.57. The summed E-state index contributed by atoms with van der Waals surface area (Å²) in [6.07, 6.45) is 1.17. The van der Waals surface area contributed by atoms with E-state index in [1.807, 2.05) is 42.5 Å². The maximum absolute atomic E-state index is 10.8. The topological polar surface area (TPSA) is 43.4 Å². The van der Waals surface area contributed by atoms with E-state index in [1.165, 1.54) is 0 Å². The minimum atomic E-state index is -3.39. The van der Waals surface area contributed by atoms with Gasteiger partial charge >= 0.3 is 0 Å². The van der Waals surface area contributed by atoms with Gasteiger partial charge in [0.2, 0.25) is 9.05 Å². The second-order valence-electron chi connectivity index (χ2n) is 4.28. The van der Waals surface area contributed by atoms with Crippen LogP contribution in [-0.4, -0.2) is 20.8 Å². The first-order valence-electron chi connectivity index (χ1n) is 6.09. The zero-order valence-corrected chi connectivity index (χ0v) is 12.0. The van der Waals surface area contributed by atoms with Crippen molar-refractivity contribution in [3.05, 3.63) is 42.5 Å². The number of hydrogen-bond acceptors (Lipinski definition) is 3. The van der Waals surface area contributed by atoms with Gasteiger partial charge in [-0.3, -0.25) is 0 Å². The molecule has 3 nitrogen and oxygen atoms in total. The van der Waals surface area contributed by atoms with Gasteiger partial charge in [0.05, 0.1) is 12.4 Å². The van der Waals surface area contributed by atoms with Crippen LogP contribution in [0.2, 0.25) is 0 Å². The lowest BCUT2D eigenvalue weighted by atomic mass is 10.1. The number of fused-ring (bicyclic) bond motifs is 1. The van der Waals surface area contributed by atoms with E-state index in [0.29, 0.717) is 19.4 Å². The summed E-state index contributed by atoms with van der Waals surface area (Å²) in [5, 5.41) is 2.19. The molecule has 0 unspecified atom stereocenters. The van der Waals surface area contributed by atoms with E-state index < -0.39 is 9.05 Å². The molecule has 0 atom stereocenters. The Labute approximate surface area is 117 Å². The molecule has 2 rings (SSSR count). The van der Waals surface area contributed by atoms with Crippen LogP contribution >= 0.6 is 10.7 Å². The van der Waals surface area contributed by atoms with Crippen LogP contribution in [-0.2, 0) is 9.05 Å². The fourth-order valence-corrected chi connectivity index (χ4v) is 2.76. The number of rotatable bonds is 6. The molecule has 0 radical (unpaired) electrons. The Morgan fingerprint density at radius 3 is 2.53 bits per heavy atom. The molecule has 0 amide bonds. The van der Waals surface area contributed by atoms with Crippen molar-refractivity contribution in [2.75, 3.05) is 12.4 Å². The summed E-state index contributed by atoms with van der Waals surface area (Å²) in [4.78, 5) is 0. The molecule has 0 aliphatic heterocycles. The molecule has 0 fully saturated rings. The van der Waals surface area contributed by atoms with Crippen LogP contribution in [0.3, 0.4) is 0 Å². The Morgan fingerprint density at radius 1 is 1.00 bits per heavy atom. The zero-order valence-electron chi connectivity index (χ0n) is 10.4. The second-order valence-corrected chi connectivity index (χ2v) is 7.17. The van der Waals surface area contributed by atoms with Gasteiger partial charge in [-0.15, -0.1) is 0 Å². The predicted octanol–water partition coefficient (Wildman–Crippen LogP) is 3.57. The molecule has 0 spiro atoms. The summed E-state index contributed by atoms with van der Waals surface area (Å²) in [5.74, 6) is 0.819. The highest BCUT2D eigenvalue weighted by atomic mass is 35.7. The number of unbranched alkanes of at least 4 members (excludes halogenated alkanes) is 1. The van der Waals surface area contributed by atoms with Gasteiger partial charge in [0.1, 0.15) is 5.75 Å².